The third-order valence-electron chi connectivity index (χ3n) is 4.63. The molecule has 1 heterocycles. The first kappa shape index (κ1) is 20.5. The van der Waals surface area contributed by atoms with Gasteiger partial charge in [-0.25, -0.2) is 13.2 Å². The van der Waals surface area contributed by atoms with Crippen molar-refractivity contribution in [2.75, 3.05) is 47.4 Å². The number of likely N-dealkylation sites (tertiary alicyclic amines) is 1. The summed E-state index contributed by atoms with van der Waals surface area (Å²) in [6.07, 6.45) is 1.25. The van der Waals surface area contributed by atoms with Gasteiger partial charge < -0.3 is 19.9 Å². The Labute approximate surface area is 156 Å². The van der Waals surface area contributed by atoms with E-state index in [0.717, 1.165) is 6.54 Å². The Kier molecular flexibility index (Phi) is 6.88. The largest absolute Gasteiger partial charge is 0.497 e. The van der Waals surface area contributed by atoms with E-state index in [1.165, 1.54) is 0 Å². The molecule has 8 heteroatoms. The highest BCUT2D eigenvalue weighted by atomic mass is 32.2. The first-order valence-electron chi connectivity index (χ1n) is 8.81. The summed E-state index contributed by atoms with van der Waals surface area (Å²) >= 11 is 0. The standard InChI is InChI=1S/C18H29N3O4S/c1-14-12-15(25-4)7-8-17(14)26(23,24)16-6-5-10-21(13-16)18(22)19-9-11-20(2)3/h7-8,12,16H,5-6,9-11,13H2,1-4H3,(H,19,22). The third kappa shape index (κ3) is 4.88. The van der Waals surface area contributed by atoms with Gasteiger partial charge >= 0.3 is 6.03 Å². The molecule has 1 aromatic carbocycles. The first-order chi connectivity index (χ1) is 12.3. The summed E-state index contributed by atoms with van der Waals surface area (Å²) in [6.45, 7) is 3.86. The molecule has 1 atom stereocenters. The Balaban J connectivity index is 2.09. The van der Waals surface area contributed by atoms with Crippen LogP contribution in [-0.4, -0.2) is 76.9 Å². The quantitative estimate of drug-likeness (QED) is 0.806. The molecule has 1 aliphatic rings. The summed E-state index contributed by atoms with van der Waals surface area (Å²) in [5, 5.41) is 2.28. The molecule has 1 unspecified atom stereocenters. The van der Waals surface area contributed by atoms with Crippen molar-refractivity contribution in [3.63, 3.8) is 0 Å². The second kappa shape index (κ2) is 8.73. The van der Waals surface area contributed by atoms with E-state index in [1.807, 2.05) is 19.0 Å². The van der Waals surface area contributed by atoms with Gasteiger partial charge in [-0.05, 0) is 57.6 Å². The molecule has 1 aliphatic heterocycles. The number of likely N-dealkylation sites (N-methyl/N-ethyl adjacent to an activating group) is 1. The monoisotopic (exact) mass is 383 g/mol. The molecule has 0 saturated carbocycles. The van der Waals surface area contributed by atoms with E-state index in [2.05, 4.69) is 5.32 Å². The average molecular weight is 384 g/mol. The number of aryl methyl sites for hydroxylation is 1. The molecule has 1 fully saturated rings. The van der Waals surface area contributed by atoms with Gasteiger partial charge in [0.2, 0.25) is 0 Å². The number of methoxy groups -OCH3 is 1. The number of rotatable bonds is 6. The van der Waals surface area contributed by atoms with Crippen molar-refractivity contribution < 1.29 is 17.9 Å². The lowest BCUT2D eigenvalue weighted by Gasteiger charge is -2.32. The molecule has 1 aromatic rings. The minimum atomic E-state index is -3.50. The predicted octanol–water partition coefficient (Wildman–Crippen LogP) is 1.51. The van der Waals surface area contributed by atoms with Crippen molar-refractivity contribution in [1.29, 1.82) is 0 Å². The van der Waals surface area contributed by atoms with E-state index in [-0.39, 0.29) is 12.6 Å². The highest BCUT2D eigenvalue weighted by Gasteiger charge is 2.34. The molecule has 1 saturated heterocycles. The maximum absolute atomic E-state index is 13.1. The van der Waals surface area contributed by atoms with Gasteiger partial charge in [0.05, 0.1) is 17.3 Å². The highest BCUT2D eigenvalue weighted by molar-refractivity contribution is 7.92. The molecule has 1 N–H and O–H groups in total. The van der Waals surface area contributed by atoms with E-state index in [4.69, 9.17) is 4.74 Å². The number of sulfone groups is 1. The number of nitrogens with zero attached hydrogens (tertiary/aromatic N) is 2. The van der Waals surface area contributed by atoms with Gasteiger partial charge in [-0.1, -0.05) is 0 Å². The van der Waals surface area contributed by atoms with Crippen molar-refractivity contribution in [1.82, 2.24) is 15.1 Å². The van der Waals surface area contributed by atoms with Crippen LogP contribution in [0.3, 0.4) is 0 Å². The number of nitrogens with one attached hydrogen (secondary N) is 1. The summed E-state index contributed by atoms with van der Waals surface area (Å²) in [7, 11) is 1.92. The Bertz CT molecular complexity index is 734. The highest BCUT2D eigenvalue weighted by Crippen LogP contribution is 2.28. The zero-order chi connectivity index (χ0) is 19.3. The molecule has 26 heavy (non-hydrogen) atoms. The van der Waals surface area contributed by atoms with Crippen LogP contribution in [0.15, 0.2) is 23.1 Å². The number of carbonyl (C=O) groups excluding carboxylic acids is 1. The van der Waals surface area contributed by atoms with Gasteiger partial charge in [0, 0.05) is 26.2 Å². The molecule has 0 aliphatic carbocycles. The maximum atomic E-state index is 13.1. The lowest BCUT2D eigenvalue weighted by atomic mass is 10.1. The van der Waals surface area contributed by atoms with Crippen LogP contribution in [0.4, 0.5) is 4.79 Å². The minimum absolute atomic E-state index is 0.196. The summed E-state index contributed by atoms with van der Waals surface area (Å²) in [5.74, 6) is 0.631. The SMILES string of the molecule is COc1ccc(S(=O)(=O)C2CCCN(C(=O)NCCN(C)C)C2)c(C)c1. The van der Waals surface area contributed by atoms with Crippen molar-refractivity contribution in [3.05, 3.63) is 23.8 Å². The van der Waals surface area contributed by atoms with E-state index in [1.54, 1.807) is 37.1 Å². The van der Waals surface area contributed by atoms with Crippen molar-refractivity contribution in [2.24, 2.45) is 0 Å². The number of carbonyl (C=O) groups is 1. The summed E-state index contributed by atoms with van der Waals surface area (Å²) < 4.78 is 31.3. The fourth-order valence-corrected chi connectivity index (χ4v) is 5.10. The van der Waals surface area contributed by atoms with Crippen molar-refractivity contribution in [2.45, 2.75) is 29.9 Å². The fourth-order valence-electron chi connectivity index (χ4n) is 3.12. The topological polar surface area (TPSA) is 79.0 Å². The molecule has 0 bridgehead atoms. The molecule has 0 radical (unpaired) electrons. The Hall–Kier alpha value is -1.80. The zero-order valence-electron chi connectivity index (χ0n) is 16.0. The van der Waals surface area contributed by atoms with E-state index >= 15 is 0 Å². The van der Waals surface area contributed by atoms with E-state index in [0.29, 0.717) is 42.1 Å². The average Bonchev–Trinajstić information content (AvgIpc) is 2.61. The molecule has 0 spiro atoms. The Morgan fingerprint density at radius 2 is 2.12 bits per heavy atom. The van der Waals surface area contributed by atoms with Crippen molar-refractivity contribution >= 4 is 15.9 Å². The van der Waals surface area contributed by atoms with Crippen LogP contribution in [0, 0.1) is 6.92 Å². The molecule has 0 aromatic heterocycles. The number of ether oxygens (including phenoxy) is 1. The predicted molar refractivity (Wildman–Crippen MR) is 101 cm³/mol. The molecule has 2 rings (SSSR count). The second-order valence-electron chi connectivity index (χ2n) is 6.92. The van der Waals surface area contributed by atoms with Gasteiger partial charge in [-0.3, -0.25) is 0 Å². The van der Waals surface area contributed by atoms with Gasteiger partial charge in [-0.2, -0.15) is 0 Å². The normalized spacial score (nSPS) is 18.0. The van der Waals surface area contributed by atoms with Crippen LogP contribution >= 0.6 is 0 Å². The van der Waals surface area contributed by atoms with Crippen LogP contribution in [0.5, 0.6) is 5.75 Å². The van der Waals surface area contributed by atoms with Crippen LogP contribution in [0.1, 0.15) is 18.4 Å². The maximum Gasteiger partial charge on any atom is 0.317 e. The minimum Gasteiger partial charge on any atom is -0.497 e. The number of piperidine rings is 1. The van der Waals surface area contributed by atoms with Crippen molar-refractivity contribution in [3.8, 4) is 5.75 Å². The molecule has 146 valence electrons. The summed E-state index contributed by atoms with van der Waals surface area (Å²) in [4.78, 5) is 16.2. The first-order valence-corrected chi connectivity index (χ1v) is 10.4. The zero-order valence-corrected chi connectivity index (χ0v) is 16.8. The van der Waals surface area contributed by atoms with Gasteiger partial charge in [-0.15, -0.1) is 0 Å². The second-order valence-corrected chi connectivity index (χ2v) is 9.12. The molecular formula is C18H29N3O4S. The van der Waals surface area contributed by atoms with Gasteiger partial charge in [0.25, 0.3) is 0 Å². The summed E-state index contributed by atoms with van der Waals surface area (Å²) in [5.41, 5.74) is 0.664. The third-order valence-corrected chi connectivity index (χ3v) is 6.96. The number of amides is 2. The fraction of sp³-hybridized carbons (Fsp3) is 0.611. The van der Waals surface area contributed by atoms with E-state index in [9.17, 15) is 13.2 Å². The number of benzene rings is 1. The molecule has 2 amide bonds. The Morgan fingerprint density at radius 1 is 1.38 bits per heavy atom. The lowest BCUT2D eigenvalue weighted by molar-refractivity contribution is 0.186. The van der Waals surface area contributed by atoms with Crippen LogP contribution in [0.25, 0.3) is 0 Å². The van der Waals surface area contributed by atoms with Gasteiger partial charge in [0.1, 0.15) is 5.75 Å². The number of hydrogen-bond acceptors (Lipinski definition) is 5. The summed E-state index contributed by atoms with van der Waals surface area (Å²) in [6, 6.07) is 4.79. The molecular weight excluding hydrogens is 354 g/mol. The number of hydrogen-bond donors (Lipinski definition) is 1. The smallest absolute Gasteiger partial charge is 0.317 e. The van der Waals surface area contributed by atoms with E-state index < -0.39 is 15.1 Å². The van der Waals surface area contributed by atoms with Crippen LogP contribution in [0.2, 0.25) is 0 Å². The number of urea groups is 1. The molecule has 7 nitrogen and oxygen atoms in total. The van der Waals surface area contributed by atoms with Crippen LogP contribution < -0.4 is 10.1 Å². The lowest BCUT2D eigenvalue weighted by Crippen LogP contribution is -2.50. The Morgan fingerprint density at radius 3 is 2.73 bits per heavy atom. The van der Waals surface area contributed by atoms with Gasteiger partial charge in [0.15, 0.2) is 9.84 Å². The van der Waals surface area contributed by atoms with Crippen LogP contribution in [-0.2, 0) is 9.84 Å².